The van der Waals surface area contributed by atoms with Crippen molar-refractivity contribution >= 4 is 11.9 Å². The number of benzene rings is 2. The van der Waals surface area contributed by atoms with Gasteiger partial charge in [-0.2, -0.15) is 0 Å². The van der Waals surface area contributed by atoms with Crippen molar-refractivity contribution in [2.24, 2.45) is 5.41 Å². The number of hydrogen-bond acceptors (Lipinski definition) is 4. The maximum absolute atomic E-state index is 13.7. The van der Waals surface area contributed by atoms with Crippen LogP contribution in [-0.2, 0) is 17.9 Å². The molecule has 1 aliphatic heterocycles. The minimum atomic E-state index is -0.727. The quantitative estimate of drug-likeness (QED) is 0.496. The fourth-order valence-corrected chi connectivity index (χ4v) is 4.87. The second-order valence-electron chi connectivity index (χ2n) is 9.39. The number of aryl methyl sites for hydroxylation is 3. The van der Waals surface area contributed by atoms with E-state index in [0.29, 0.717) is 31.7 Å². The van der Waals surface area contributed by atoms with E-state index in [4.69, 9.17) is 4.74 Å². The number of carbonyl (C=O) groups excluding carboxylic acids is 2. The van der Waals surface area contributed by atoms with Gasteiger partial charge in [-0.25, -0.2) is 9.69 Å². The monoisotopic (exact) mass is 466 g/mol. The third-order valence-corrected chi connectivity index (χ3v) is 7.15. The Kier molecular flexibility index (Phi) is 8.03. The number of carbonyl (C=O) groups is 2. The molecular weight excluding hydrogens is 428 g/mol. The third kappa shape index (κ3) is 4.69. The van der Waals surface area contributed by atoms with E-state index in [9.17, 15) is 14.7 Å². The number of β-lactam (4-membered cyclic amide) rings is 1. The van der Waals surface area contributed by atoms with E-state index in [1.165, 1.54) is 4.90 Å². The second kappa shape index (κ2) is 10.6. The van der Waals surface area contributed by atoms with Crippen LogP contribution in [0.1, 0.15) is 67.9 Å². The Hall–Kier alpha value is -2.86. The van der Waals surface area contributed by atoms with Crippen LogP contribution in [0.2, 0.25) is 0 Å². The van der Waals surface area contributed by atoms with Gasteiger partial charge in [-0.1, -0.05) is 50.6 Å². The molecule has 3 amide bonds. The standard InChI is InChI=1S/C28H38N2O4/c1-7-14-29(17-22-12-10-19(4)11-13-22)27(33)30-25(32)28(8-2,9-3)26(30)34-23-15-20(5)24(18-31)21(6)16-23/h10-13,15-16,26,31H,7-9,14,17-18H2,1-6H3. The average Bonchev–Trinajstić information content (AvgIpc) is 2.80. The zero-order chi connectivity index (χ0) is 25.0. The molecule has 3 rings (SSSR count). The van der Waals surface area contributed by atoms with Crippen LogP contribution < -0.4 is 4.74 Å². The van der Waals surface area contributed by atoms with Gasteiger partial charge in [0.15, 0.2) is 6.23 Å². The van der Waals surface area contributed by atoms with Crippen LogP contribution in [0, 0.1) is 26.2 Å². The predicted molar refractivity (Wildman–Crippen MR) is 133 cm³/mol. The number of amides is 3. The molecular formula is C28H38N2O4. The first-order valence-corrected chi connectivity index (χ1v) is 12.3. The molecule has 0 bridgehead atoms. The molecule has 2 aromatic rings. The summed E-state index contributed by atoms with van der Waals surface area (Å²) in [6.45, 7) is 12.8. The highest BCUT2D eigenvalue weighted by molar-refractivity contribution is 6.03. The molecule has 2 aromatic carbocycles. The number of aliphatic hydroxyl groups is 1. The normalized spacial score (nSPS) is 16.9. The van der Waals surface area contributed by atoms with E-state index in [0.717, 1.165) is 34.2 Å². The van der Waals surface area contributed by atoms with Gasteiger partial charge in [-0.05, 0) is 74.4 Å². The van der Waals surface area contributed by atoms with Crippen LogP contribution in [0.25, 0.3) is 0 Å². The first-order chi connectivity index (χ1) is 16.2. The number of imide groups is 1. The lowest BCUT2D eigenvalue weighted by molar-refractivity contribution is -0.192. The number of urea groups is 1. The number of rotatable bonds is 9. The molecule has 1 saturated heterocycles. The first kappa shape index (κ1) is 25.8. The van der Waals surface area contributed by atoms with Crippen molar-refractivity contribution in [1.29, 1.82) is 0 Å². The fourth-order valence-electron chi connectivity index (χ4n) is 4.87. The molecule has 184 valence electrons. The Morgan fingerprint density at radius 2 is 1.65 bits per heavy atom. The predicted octanol–water partition coefficient (Wildman–Crippen LogP) is 5.49. The number of ether oxygens (including phenoxy) is 1. The van der Waals surface area contributed by atoms with Gasteiger partial charge in [-0.3, -0.25) is 4.79 Å². The van der Waals surface area contributed by atoms with Gasteiger partial charge in [0.1, 0.15) is 11.2 Å². The van der Waals surface area contributed by atoms with Crippen LogP contribution in [-0.4, -0.2) is 39.6 Å². The first-order valence-electron chi connectivity index (χ1n) is 12.3. The van der Waals surface area contributed by atoms with Gasteiger partial charge >= 0.3 is 6.03 Å². The summed E-state index contributed by atoms with van der Waals surface area (Å²) in [5.74, 6) is 0.437. The Balaban J connectivity index is 1.91. The molecule has 0 radical (unpaired) electrons. The summed E-state index contributed by atoms with van der Waals surface area (Å²) in [6.07, 6.45) is 1.31. The second-order valence-corrected chi connectivity index (χ2v) is 9.39. The van der Waals surface area contributed by atoms with Gasteiger partial charge in [0.25, 0.3) is 0 Å². The van der Waals surface area contributed by atoms with E-state index in [1.807, 2.05) is 77.9 Å². The van der Waals surface area contributed by atoms with Crippen LogP contribution in [0.5, 0.6) is 5.75 Å². The zero-order valence-corrected chi connectivity index (χ0v) is 21.4. The maximum atomic E-state index is 13.7. The highest BCUT2D eigenvalue weighted by atomic mass is 16.5. The topological polar surface area (TPSA) is 70.1 Å². The smallest absolute Gasteiger partial charge is 0.330 e. The summed E-state index contributed by atoms with van der Waals surface area (Å²) in [5, 5.41) is 9.64. The molecule has 0 aliphatic carbocycles. The third-order valence-electron chi connectivity index (χ3n) is 7.15. The minimum absolute atomic E-state index is 0.0384. The van der Waals surface area contributed by atoms with Crippen molar-refractivity contribution < 1.29 is 19.4 Å². The number of aliphatic hydroxyl groups excluding tert-OH is 1. The zero-order valence-electron chi connectivity index (χ0n) is 21.4. The van der Waals surface area contributed by atoms with Gasteiger partial charge in [0.2, 0.25) is 5.91 Å². The van der Waals surface area contributed by atoms with Crippen molar-refractivity contribution in [2.75, 3.05) is 6.54 Å². The van der Waals surface area contributed by atoms with Crippen molar-refractivity contribution in [3.8, 4) is 5.75 Å². The lowest BCUT2D eigenvalue weighted by Gasteiger charge is -2.54. The SMILES string of the molecule is CCCN(Cc1ccc(C)cc1)C(=O)N1C(=O)C(CC)(CC)C1Oc1cc(C)c(CO)c(C)c1. The molecule has 0 spiro atoms. The summed E-state index contributed by atoms with van der Waals surface area (Å²) in [5.41, 5.74) is 4.18. The number of likely N-dealkylation sites (tertiary alicyclic amines) is 1. The number of nitrogens with zero attached hydrogens (tertiary/aromatic N) is 2. The van der Waals surface area contributed by atoms with Crippen LogP contribution >= 0.6 is 0 Å². The molecule has 0 aromatic heterocycles. The Bertz CT molecular complexity index is 1000. The van der Waals surface area contributed by atoms with Crippen LogP contribution in [0.3, 0.4) is 0 Å². The fraction of sp³-hybridized carbons (Fsp3) is 0.500. The van der Waals surface area contributed by atoms with E-state index < -0.39 is 11.6 Å². The molecule has 1 heterocycles. The molecule has 1 N–H and O–H groups in total. The Labute approximate surface area is 203 Å². The van der Waals surface area contributed by atoms with Gasteiger partial charge < -0.3 is 14.7 Å². The van der Waals surface area contributed by atoms with Gasteiger partial charge in [0, 0.05) is 13.1 Å². The van der Waals surface area contributed by atoms with Crippen molar-refractivity contribution in [3.05, 3.63) is 64.2 Å². The van der Waals surface area contributed by atoms with Gasteiger partial charge in [-0.15, -0.1) is 0 Å². The molecule has 6 heteroatoms. The van der Waals surface area contributed by atoms with E-state index in [1.54, 1.807) is 4.90 Å². The minimum Gasteiger partial charge on any atom is -0.469 e. The largest absolute Gasteiger partial charge is 0.469 e. The van der Waals surface area contributed by atoms with Crippen molar-refractivity contribution in [3.63, 3.8) is 0 Å². The molecule has 0 saturated carbocycles. The van der Waals surface area contributed by atoms with E-state index in [2.05, 4.69) is 0 Å². The summed E-state index contributed by atoms with van der Waals surface area (Å²) < 4.78 is 6.38. The molecule has 1 aliphatic rings. The molecule has 1 atom stereocenters. The Morgan fingerprint density at radius 1 is 1.06 bits per heavy atom. The molecule has 6 nitrogen and oxygen atoms in total. The molecule has 1 unspecified atom stereocenters. The van der Waals surface area contributed by atoms with Gasteiger partial charge in [0.05, 0.1) is 6.61 Å². The lowest BCUT2D eigenvalue weighted by atomic mass is 9.72. The molecule has 34 heavy (non-hydrogen) atoms. The highest BCUT2D eigenvalue weighted by Crippen LogP contribution is 2.46. The summed E-state index contributed by atoms with van der Waals surface area (Å²) in [7, 11) is 0. The lowest BCUT2D eigenvalue weighted by Crippen LogP contribution is -2.73. The van der Waals surface area contributed by atoms with Crippen LogP contribution in [0.15, 0.2) is 36.4 Å². The van der Waals surface area contributed by atoms with Crippen molar-refractivity contribution in [2.45, 2.75) is 80.2 Å². The molecule has 1 fully saturated rings. The number of hydrogen-bond donors (Lipinski definition) is 1. The average molecular weight is 467 g/mol. The highest BCUT2D eigenvalue weighted by Gasteiger charge is 2.63. The Morgan fingerprint density at radius 3 is 2.15 bits per heavy atom. The van der Waals surface area contributed by atoms with E-state index >= 15 is 0 Å². The van der Waals surface area contributed by atoms with Crippen molar-refractivity contribution in [1.82, 2.24) is 9.80 Å². The summed E-state index contributed by atoms with van der Waals surface area (Å²) in [4.78, 5) is 30.1. The summed E-state index contributed by atoms with van der Waals surface area (Å²) in [6, 6.07) is 11.5. The summed E-state index contributed by atoms with van der Waals surface area (Å²) >= 11 is 0. The van der Waals surface area contributed by atoms with E-state index in [-0.39, 0.29) is 18.5 Å². The maximum Gasteiger partial charge on any atom is 0.330 e. The van der Waals surface area contributed by atoms with Crippen LogP contribution in [0.4, 0.5) is 4.79 Å².